The molecule has 4 heteroatoms. The molecule has 1 aromatic rings. The molecular weight excluding hydrogens is 284 g/mol. The fourth-order valence-corrected chi connectivity index (χ4v) is 3.97. The summed E-state index contributed by atoms with van der Waals surface area (Å²) in [6.45, 7) is 5.08. The highest BCUT2D eigenvalue weighted by Gasteiger charge is 2.40. The maximum Gasteiger partial charge on any atom is 0.0579 e. The van der Waals surface area contributed by atoms with E-state index < -0.39 is 0 Å². The van der Waals surface area contributed by atoms with E-state index in [0.29, 0.717) is 18.1 Å². The third kappa shape index (κ3) is 3.20. The highest BCUT2D eigenvalue weighted by molar-refractivity contribution is 6.31. The molecule has 1 aromatic carbocycles. The van der Waals surface area contributed by atoms with Gasteiger partial charge in [-0.05, 0) is 43.4 Å². The summed E-state index contributed by atoms with van der Waals surface area (Å²) >= 11 is 6.46. The molecular formula is C17H25ClN2O. The van der Waals surface area contributed by atoms with Gasteiger partial charge >= 0.3 is 0 Å². The molecule has 0 aromatic heterocycles. The smallest absolute Gasteiger partial charge is 0.0579 e. The number of aliphatic hydroxyl groups is 1. The van der Waals surface area contributed by atoms with Crippen LogP contribution in [0.1, 0.15) is 45.1 Å². The van der Waals surface area contributed by atoms with E-state index >= 15 is 0 Å². The summed E-state index contributed by atoms with van der Waals surface area (Å²) in [6.07, 6.45) is 4.05. The number of rotatable bonds is 4. The molecule has 3 nitrogen and oxygen atoms in total. The van der Waals surface area contributed by atoms with Crippen LogP contribution in [0.2, 0.25) is 5.02 Å². The number of piperidine rings is 1. The van der Waals surface area contributed by atoms with Gasteiger partial charge in [0.05, 0.1) is 6.10 Å². The number of nitrogens with one attached hydrogen (secondary N) is 1. The summed E-state index contributed by atoms with van der Waals surface area (Å²) in [5.41, 5.74) is 2.37. The average Bonchev–Trinajstić information content (AvgIpc) is 2.69. The molecule has 2 bridgehead atoms. The number of halogens is 1. The van der Waals surface area contributed by atoms with Crippen LogP contribution in [-0.4, -0.2) is 29.3 Å². The highest BCUT2D eigenvalue weighted by atomic mass is 35.5. The van der Waals surface area contributed by atoms with Gasteiger partial charge in [0, 0.05) is 35.4 Å². The van der Waals surface area contributed by atoms with Crippen molar-refractivity contribution in [3.63, 3.8) is 0 Å². The number of hydrogen-bond donors (Lipinski definition) is 2. The Morgan fingerprint density at radius 3 is 2.52 bits per heavy atom. The lowest BCUT2D eigenvalue weighted by molar-refractivity contribution is 0.126. The van der Waals surface area contributed by atoms with Gasteiger partial charge in [-0.3, -0.25) is 0 Å². The standard InChI is InChI=1S/C17H25ClN2O/c1-11(2)19-10-12-3-4-15(9-17(12)18)20-13-5-6-14(20)8-16(21)7-13/h3-4,9,11,13-14,16,19,21H,5-8,10H2,1-2H3. The molecule has 3 rings (SSSR count). The minimum Gasteiger partial charge on any atom is -0.393 e. The zero-order chi connectivity index (χ0) is 15.0. The molecule has 2 heterocycles. The van der Waals surface area contributed by atoms with Crippen LogP contribution in [-0.2, 0) is 6.54 Å². The molecule has 2 atom stereocenters. The third-order valence-electron chi connectivity index (χ3n) is 4.74. The SMILES string of the molecule is CC(C)NCc1ccc(N2C3CCC2CC(O)C3)cc1Cl. The fourth-order valence-electron chi connectivity index (χ4n) is 3.72. The van der Waals surface area contributed by atoms with E-state index in [1.54, 1.807) is 0 Å². The second-order valence-electron chi connectivity index (χ2n) is 6.73. The van der Waals surface area contributed by atoms with Gasteiger partial charge in [-0.2, -0.15) is 0 Å². The van der Waals surface area contributed by atoms with E-state index in [1.165, 1.54) is 18.5 Å². The van der Waals surface area contributed by atoms with Crippen molar-refractivity contribution in [1.82, 2.24) is 5.32 Å². The van der Waals surface area contributed by atoms with E-state index in [9.17, 15) is 5.11 Å². The molecule has 2 saturated heterocycles. The number of anilines is 1. The monoisotopic (exact) mass is 308 g/mol. The number of fused-ring (bicyclic) bond motifs is 2. The Balaban J connectivity index is 1.76. The predicted octanol–water partition coefficient (Wildman–Crippen LogP) is 3.33. The summed E-state index contributed by atoms with van der Waals surface area (Å²) in [6, 6.07) is 7.84. The van der Waals surface area contributed by atoms with Crippen molar-refractivity contribution in [2.24, 2.45) is 0 Å². The molecule has 2 fully saturated rings. The Labute approximate surface area is 132 Å². The molecule has 2 unspecified atom stereocenters. The summed E-state index contributed by atoms with van der Waals surface area (Å²) in [4.78, 5) is 2.48. The number of hydrogen-bond acceptors (Lipinski definition) is 3. The summed E-state index contributed by atoms with van der Waals surface area (Å²) in [7, 11) is 0. The van der Waals surface area contributed by atoms with E-state index in [0.717, 1.165) is 30.0 Å². The van der Waals surface area contributed by atoms with E-state index in [-0.39, 0.29) is 6.10 Å². The van der Waals surface area contributed by atoms with Crippen molar-refractivity contribution < 1.29 is 5.11 Å². The van der Waals surface area contributed by atoms with Gasteiger partial charge in [0.1, 0.15) is 0 Å². The van der Waals surface area contributed by atoms with Crippen molar-refractivity contribution in [3.8, 4) is 0 Å². The molecule has 21 heavy (non-hydrogen) atoms. The van der Waals surface area contributed by atoms with Crippen LogP contribution >= 0.6 is 11.6 Å². The van der Waals surface area contributed by atoms with E-state index in [1.807, 2.05) is 0 Å². The van der Waals surface area contributed by atoms with Crippen molar-refractivity contribution in [1.29, 1.82) is 0 Å². The Morgan fingerprint density at radius 1 is 1.29 bits per heavy atom. The predicted molar refractivity (Wildman–Crippen MR) is 88.0 cm³/mol. The van der Waals surface area contributed by atoms with Crippen LogP contribution in [0.3, 0.4) is 0 Å². The van der Waals surface area contributed by atoms with Crippen molar-refractivity contribution in [2.75, 3.05) is 4.90 Å². The van der Waals surface area contributed by atoms with Gasteiger partial charge in [0.15, 0.2) is 0 Å². The first-order valence-corrected chi connectivity index (χ1v) is 8.40. The molecule has 2 aliphatic rings. The van der Waals surface area contributed by atoms with Gasteiger partial charge in [0.2, 0.25) is 0 Å². The van der Waals surface area contributed by atoms with E-state index in [2.05, 4.69) is 42.3 Å². The lowest BCUT2D eigenvalue weighted by Crippen LogP contribution is -2.44. The number of nitrogens with zero attached hydrogens (tertiary/aromatic N) is 1. The van der Waals surface area contributed by atoms with Gasteiger partial charge in [-0.15, -0.1) is 0 Å². The Hall–Kier alpha value is -0.770. The van der Waals surface area contributed by atoms with Gasteiger partial charge in [0.25, 0.3) is 0 Å². The first-order chi connectivity index (χ1) is 10.0. The first kappa shape index (κ1) is 15.1. The second kappa shape index (κ2) is 6.15. The molecule has 0 aliphatic carbocycles. The van der Waals surface area contributed by atoms with Crippen LogP contribution < -0.4 is 10.2 Å². The maximum atomic E-state index is 9.91. The molecule has 116 valence electrons. The van der Waals surface area contributed by atoms with Crippen LogP contribution in [0.25, 0.3) is 0 Å². The van der Waals surface area contributed by atoms with Crippen LogP contribution in [0, 0.1) is 0 Å². The maximum absolute atomic E-state index is 9.91. The largest absolute Gasteiger partial charge is 0.393 e. The minimum absolute atomic E-state index is 0.122. The summed E-state index contributed by atoms with van der Waals surface area (Å²) < 4.78 is 0. The molecule has 0 radical (unpaired) electrons. The quantitative estimate of drug-likeness (QED) is 0.895. The average molecular weight is 309 g/mol. The normalized spacial score (nSPS) is 28.4. The Bertz CT molecular complexity index is 492. The Kier molecular flexibility index (Phi) is 4.43. The first-order valence-electron chi connectivity index (χ1n) is 8.03. The van der Waals surface area contributed by atoms with E-state index in [4.69, 9.17) is 11.6 Å². The van der Waals surface area contributed by atoms with Crippen molar-refractivity contribution >= 4 is 17.3 Å². The summed E-state index contributed by atoms with van der Waals surface area (Å²) in [5.74, 6) is 0. The second-order valence-corrected chi connectivity index (χ2v) is 7.14. The number of benzene rings is 1. The lowest BCUT2D eigenvalue weighted by Gasteiger charge is -2.39. The van der Waals surface area contributed by atoms with Crippen molar-refractivity contribution in [3.05, 3.63) is 28.8 Å². The minimum atomic E-state index is -0.122. The zero-order valence-electron chi connectivity index (χ0n) is 12.8. The third-order valence-corrected chi connectivity index (χ3v) is 5.10. The highest BCUT2D eigenvalue weighted by Crippen LogP contribution is 2.40. The summed E-state index contributed by atoms with van der Waals surface area (Å²) in [5, 5.41) is 14.2. The molecule has 0 saturated carbocycles. The lowest BCUT2D eigenvalue weighted by atomic mass is 9.99. The van der Waals surface area contributed by atoms with Crippen LogP contribution in [0.5, 0.6) is 0 Å². The fraction of sp³-hybridized carbons (Fsp3) is 0.647. The number of aliphatic hydroxyl groups excluding tert-OH is 1. The molecule has 0 amide bonds. The molecule has 2 aliphatic heterocycles. The van der Waals surface area contributed by atoms with Gasteiger partial charge in [-0.1, -0.05) is 31.5 Å². The van der Waals surface area contributed by atoms with Gasteiger partial charge in [-0.25, -0.2) is 0 Å². The molecule has 0 spiro atoms. The van der Waals surface area contributed by atoms with Crippen LogP contribution in [0.4, 0.5) is 5.69 Å². The topological polar surface area (TPSA) is 35.5 Å². The zero-order valence-corrected chi connectivity index (χ0v) is 13.6. The van der Waals surface area contributed by atoms with Crippen molar-refractivity contribution in [2.45, 2.75) is 70.3 Å². The van der Waals surface area contributed by atoms with Crippen LogP contribution in [0.15, 0.2) is 18.2 Å². The molecule has 2 N–H and O–H groups in total. The van der Waals surface area contributed by atoms with Gasteiger partial charge < -0.3 is 15.3 Å². The Morgan fingerprint density at radius 2 is 1.95 bits per heavy atom.